The number of H-pyrrole nitrogens is 1. The summed E-state index contributed by atoms with van der Waals surface area (Å²) in [6, 6.07) is 2.71. The summed E-state index contributed by atoms with van der Waals surface area (Å²) in [5.74, 6) is -5.08. The van der Waals surface area contributed by atoms with Gasteiger partial charge in [0.05, 0.1) is 39.6 Å². The van der Waals surface area contributed by atoms with E-state index in [0.29, 0.717) is 65.4 Å². The van der Waals surface area contributed by atoms with Crippen LogP contribution in [0.25, 0.3) is 10.9 Å². The quantitative estimate of drug-likeness (QED) is 0.0474. The molecule has 3 atom stereocenters. The largest absolute Gasteiger partial charge is 0.481 e. The topological polar surface area (TPSA) is 313 Å². The third-order valence-electron chi connectivity index (χ3n) is 10.4. The number of aromatic nitrogens is 1. The summed E-state index contributed by atoms with van der Waals surface area (Å²) in [6.45, 7) is 4.67. The maximum Gasteiger partial charge on any atom is 0.326 e. The molecule has 6 amide bonds. The molecule has 21 nitrogen and oxygen atoms in total. The van der Waals surface area contributed by atoms with Crippen molar-refractivity contribution in [3.8, 4) is 0 Å². The van der Waals surface area contributed by atoms with E-state index in [1.165, 1.54) is 6.92 Å². The van der Waals surface area contributed by atoms with Crippen LogP contribution in [0.2, 0.25) is 0 Å². The third kappa shape index (κ3) is 20.7. The highest BCUT2D eigenvalue weighted by Gasteiger charge is 2.30. The second kappa shape index (κ2) is 28.7. The zero-order valence-corrected chi connectivity index (χ0v) is 35.7. The first-order valence-electron chi connectivity index (χ1n) is 21.3. The minimum atomic E-state index is -1.53. The number of benzene rings is 1. The summed E-state index contributed by atoms with van der Waals surface area (Å²) in [5.41, 5.74) is 1.72. The number of carboxylic acid groups (broad SMARTS) is 3. The highest BCUT2D eigenvalue weighted by molar-refractivity contribution is 5.90. The molecule has 1 aromatic carbocycles. The molecule has 1 saturated carbocycles. The molecule has 3 rings (SSSR count). The van der Waals surface area contributed by atoms with Gasteiger partial charge in [-0.05, 0) is 68.9 Å². The monoisotopic (exact) mass is 889 g/mol. The van der Waals surface area contributed by atoms with Crippen molar-refractivity contribution in [2.45, 2.75) is 95.7 Å². The Kier molecular flexibility index (Phi) is 23.5. The molecule has 1 aliphatic rings. The van der Waals surface area contributed by atoms with E-state index in [9.17, 15) is 48.6 Å². The second-order valence-electron chi connectivity index (χ2n) is 15.3. The van der Waals surface area contributed by atoms with E-state index >= 15 is 0 Å². The fraction of sp³-hybridized carbons (Fsp3) is 0.619. The number of amides is 6. The number of rotatable bonds is 31. The van der Waals surface area contributed by atoms with Gasteiger partial charge < -0.3 is 66.4 Å². The Labute approximate surface area is 365 Å². The van der Waals surface area contributed by atoms with Crippen LogP contribution in [0.15, 0.2) is 30.5 Å². The minimum Gasteiger partial charge on any atom is -0.481 e. The van der Waals surface area contributed by atoms with Gasteiger partial charge in [-0.25, -0.2) is 14.4 Å². The van der Waals surface area contributed by atoms with Crippen LogP contribution in [-0.4, -0.2) is 145 Å². The van der Waals surface area contributed by atoms with Gasteiger partial charge in [-0.3, -0.25) is 24.0 Å². The molecule has 0 bridgehead atoms. The number of nitrogens with one attached hydrogen (secondary N) is 7. The van der Waals surface area contributed by atoms with Gasteiger partial charge in [0.2, 0.25) is 23.6 Å². The molecule has 0 radical (unpaired) electrons. The summed E-state index contributed by atoms with van der Waals surface area (Å²) in [6.07, 6.45) is 4.49. The molecule has 63 heavy (non-hydrogen) atoms. The van der Waals surface area contributed by atoms with E-state index in [2.05, 4.69) is 36.9 Å². The van der Waals surface area contributed by atoms with Crippen LogP contribution in [0.5, 0.6) is 0 Å². The number of carbonyl (C=O) groups excluding carboxylic acids is 5. The average molecular weight is 890 g/mol. The Hall–Kier alpha value is -5.80. The van der Waals surface area contributed by atoms with Gasteiger partial charge in [0, 0.05) is 68.8 Å². The summed E-state index contributed by atoms with van der Waals surface area (Å²) in [7, 11) is 0. The Balaban J connectivity index is 1.40. The number of carbonyl (C=O) groups is 8. The summed E-state index contributed by atoms with van der Waals surface area (Å²) >= 11 is 0. The van der Waals surface area contributed by atoms with Crippen molar-refractivity contribution >= 4 is 58.5 Å². The van der Waals surface area contributed by atoms with E-state index in [1.807, 2.05) is 24.3 Å². The van der Waals surface area contributed by atoms with Crippen LogP contribution in [0.1, 0.15) is 76.7 Å². The van der Waals surface area contributed by atoms with Gasteiger partial charge >= 0.3 is 23.9 Å². The van der Waals surface area contributed by atoms with Gasteiger partial charge in [-0.1, -0.05) is 18.2 Å². The predicted molar refractivity (Wildman–Crippen MR) is 226 cm³/mol. The van der Waals surface area contributed by atoms with E-state index in [4.69, 9.17) is 19.3 Å². The number of unbranched alkanes of at least 4 members (excludes halogenated alkanes) is 1. The number of para-hydroxylation sites is 1. The first-order valence-corrected chi connectivity index (χ1v) is 21.3. The highest BCUT2D eigenvalue weighted by Crippen LogP contribution is 2.29. The van der Waals surface area contributed by atoms with E-state index in [1.54, 1.807) is 6.20 Å². The SMILES string of the molecule is CC(=O)NCCOCCOCCOCCC(=O)NCC1CCC(C(=O)N[C@H](Cc2c[nH]c3ccccc23)C(=O)NCCCC[C@H](NC(=O)N[C@@H](CCC(=O)O)C(=O)O)C(=O)O)CC1. The Morgan fingerprint density at radius 3 is 1.98 bits per heavy atom. The zero-order chi connectivity index (χ0) is 46.0. The average Bonchev–Trinajstić information content (AvgIpc) is 3.66. The first kappa shape index (κ1) is 51.5. The molecule has 21 heteroatoms. The molecule has 10 N–H and O–H groups in total. The molecular weight excluding hydrogens is 826 g/mol. The molecule has 0 spiro atoms. The van der Waals surface area contributed by atoms with Crippen LogP contribution in [0.4, 0.5) is 4.79 Å². The van der Waals surface area contributed by atoms with Crippen molar-refractivity contribution in [2.24, 2.45) is 11.8 Å². The number of hydrogen-bond donors (Lipinski definition) is 10. The third-order valence-corrected chi connectivity index (χ3v) is 10.4. The van der Waals surface area contributed by atoms with Crippen molar-refractivity contribution in [3.63, 3.8) is 0 Å². The standard InChI is InChI=1S/C42H63N7O14/c1-27(50)43-17-19-62-21-23-63-22-20-61-18-15-36(51)46-25-28-9-11-29(12-10-28)38(54)47-35(24-30-26-45-32-7-3-2-6-31(30)32)39(55)44-16-5-4-8-33(40(56)57)48-42(60)49-34(41(58)59)13-14-37(52)53/h2-3,6-7,26,28-29,33-35,45H,4-5,8-25H2,1H3,(H,43,50)(H,44,55)(H,46,51)(H,47,54)(H,52,53)(H,56,57)(H,58,59)(H2,48,49,60)/t28?,29?,33-,34-,35+/m0/s1. The van der Waals surface area contributed by atoms with Gasteiger partial charge in [-0.2, -0.15) is 0 Å². The molecule has 1 aliphatic carbocycles. The van der Waals surface area contributed by atoms with Gasteiger partial charge in [0.25, 0.3) is 0 Å². The van der Waals surface area contributed by atoms with E-state index in [-0.39, 0.29) is 74.8 Å². The number of fused-ring (bicyclic) bond motifs is 1. The predicted octanol–water partition coefficient (Wildman–Crippen LogP) is 1.05. The van der Waals surface area contributed by atoms with Gasteiger partial charge in [0.15, 0.2) is 0 Å². The summed E-state index contributed by atoms with van der Waals surface area (Å²) < 4.78 is 16.2. The van der Waals surface area contributed by atoms with Crippen LogP contribution >= 0.6 is 0 Å². The molecule has 350 valence electrons. The number of aliphatic carboxylic acids is 3. The Morgan fingerprint density at radius 1 is 0.698 bits per heavy atom. The van der Waals surface area contributed by atoms with Gasteiger partial charge in [-0.15, -0.1) is 0 Å². The van der Waals surface area contributed by atoms with Crippen molar-refractivity contribution in [2.75, 3.05) is 59.3 Å². The first-order chi connectivity index (χ1) is 30.2. The molecule has 1 fully saturated rings. The molecule has 0 saturated heterocycles. The maximum atomic E-state index is 13.6. The second-order valence-corrected chi connectivity index (χ2v) is 15.3. The van der Waals surface area contributed by atoms with Crippen LogP contribution in [-0.2, 0) is 54.2 Å². The van der Waals surface area contributed by atoms with Crippen molar-refractivity contribution in [1.82, 2.24) is 36.9 Å². The van der Waals surface area contributed by atoms with Crippen molar-refractivity contribution in [3.05, 3.63) is 36.0 Å². The zero-order valence-electron chi connectivity index (χ0n) is 35.7. The Bertz CT molecular complexity index is 1800. The van der Waals surface area contributed by atoms with E-state index < -0.39 is 54.4 Å². The van der Waals surface area contributed by atoms with Crippen molar-refractivity contribution in [1.29, 1.82) is 0 Å². The Morgan fingerprint density at radius 2 is 1.33 bits per heavy atom. The number of hydrogen-bond acceptors (Lipinski definition) is 11. The highest BCUT2D eigenvalue weighted by atomic mass is 16.5. The number of carboxylic acids is 3. The lowest BCUT2D eigenvalue weighted by Gasteiger charge is -2.29. The molecule has 2 aromatic rings. The van der Waals surface area contributed by atoms with E-state index in [0.717, 1.165) is 29.3 Å². The summed E-state index contributed by atoms with van der Waals surface area (Å²) in [5, 5.41) is 44.3. The molecule has 0 unspecified atom stereocenters. The lowest BCUT2D eigenvalue weighted by atomic mass is 9.81. The van der Waals surface area contributed by atoms with Gasteiger partial charge in [0.1, 0.15) is 18.1 Å². The molecule has 0 aliphatic heterocycles. The minimum absolute atomic E-state index is 0.0415. The smallest absolute Gasteiger partial charge is 0.326 e. The molecule has 1 aromatic heterocycles. The normalized spacial score (nSPS) is 16.2. The number of ether oxygens (including phenoxy) is 3. The maximum absolute atomic E-state index is 13.6. The van der Waals surface area contributed by atoms with Crippen molar-refractivity contribution < 1.29 is 67.9 Å². The molecular formula is C42H63N7O14. The van der Waals surface area contributed by atoms with Crippen LogP contribution in [0, 0.1) is 11.8 Å². The van der Waals surface area contributed by atoms with Crippen LogP contribution < -0.4 is 31.9 Å². The molecule has 1 heterocycles. The fourth-order valence-electron chi connectivity index (χ4n) is 6.95. The van der Waals surface area contributed by atoms with Crippen LogP contribution in [0.3, 0.4) is 0 Å². The lowest BCUT2D eigenvalue weighted by molar-refractivity contribution is -0.141. The number of aromatic amines is 1. The lowest BCUT2D eigenvalue weighted by Crippen LogP contribution is -2.51. The summed E-state index contributed by atoms with van der Waals surface area (Å²) in [4.78, 5) is 100.0. The fourth-order valence-corrected chi connectivity index (χ4v) is 6.95. The number of urea groups is 1.